The average molecular weight is 354 g/mol. The van der Waals surface area contributed by atoms with Gasteiger partial charge in [0.15, 0.2) is 0 Å². The van der Waals surface area contributed by atoms with E-state index in [1.165, 1.54) is 24.3 Å². The number of hydrazine groups is 1. The van der Waals surface area contributed by atoms with Crippen LogP contribution >= 0.6 is 22.9 Å². The number of thiophene rings is 1. The standard InChI is InChI=1S/C14H9ClFN3O3S/c1-6-4-9(22-19-6)13(20)17-18-14(21)12-11(15)8-3-2-7(16)5-10(8)23-12/h2-5H,1H3,(H,17,20)(H,18,21). The summed E-state index contributed by atoms with van der Waals surface area (Å²) in [5, 5.41) is 4.34. The molecule has 9 heteroatoms. The van der Waals surface area contributed by atoms with Crippen molar-refractivity contribution in [2.75, 3.05) is 0 Å². The number of hydrogen-bond acceptors (Lipinski definition) is 5. The molecule has 0 aliphatic carbocycles. The molecule has 0 fully saturated rings. The van der Waals surface area contributed by atoms with Gasteiger partial charge in [-0.05, 0) is 25.1 Å². The molecule has 2 heterocycles. The van der Waals surface area contributed by atoms with Gasteiger partial charge in [-0.3, -0.25) is 20.4 Å². The molecule has 2 amide bonds. The molecule has 0 unspecified atom stereocenters. The van der Waals surface area contributed by atoms with Crippen LogP contribution in [0.25, 0.3) is 10.1 Å². The predicted octanol–water partition coefficient (Wildman–Crippen LogP) is 3.07. The summed E-state index contributed by atoms with van der Waals surface area (Å²) in [6, 6.07) is 5.47. The van der Waals surface area contributed by atoms with E-state index in [4.69, 9.17) is 16.1 Å². The third kappa shape index (κ3) is 3.03. The summed E-state index contributed by atoms with van der Waals surface area (Å²) in [5.41, 5.74) is 4.96. The second-order valence-corrected chi connectivity index (χ2v) is 6.06. The molecular formula is C14H9ClFN3O3S. The largest absolute Gasteiger partial charge is 0.351 e. The molecule has 0 atom stereocenters. The Morgan fingerprint density at radius 1 is 1.26 bits per heavy atom. The Morgan fingerprint density at radius 3 is 2.70 bits per heavy atom. The molecule has 0 saturated carbocycles. The van der Waals surface area contributed by atoms with Gasteiger partial charge in [0.2, 0.25) is 5.76 Å². The molecule has 0 spiro atoms. The molecule has 118 valence electrons. The fourth-order valence-electron chi connectivity index (χ4n) is 1.89. The first-order chi connectivity index (χ1) is 11.0. The van der Waals surface area contributed by atoms with Gasteiger partial charge in [0.25, 0.3) is 5.91 Å². The van der Waals surface area contributed by atoms with Crippen molar-refractivity contribution in [1.29, 1.82) is 0 Å². The quantitative estimate of drug-likeness (QED) is 0.693. The molecule has 3 rings (SSSR count). The maximum Gasteiger partial charge on any atom is 0.308 e. The number of benzene rings is 1. The van der Waals surface area contributed by atoms with Gasteiger partial charge in [-0.25, -0.2) is 4.39 Å². The van der Waals surface area contributed by atoms with Crippen LogP contribution in [0.5, 0.6) is 0 Å². The van der Waals surface area contributed by atoms with Crippen LogP contribution in [0.1, 0.15) is 25.9 Å². The van der Waals surface area contributed by atoms with Crippen LogP contribution in [0, 0.1) is 12.7 Å². The summed E-state index contributed by atoms with van der Waals surface area (Å²) in [6.07, 6.45) is 0. The maximum absolute atomic E-state index is 13.2. The molecular weight excluding hydrogens is 345 g/mol. The van der Waals surface area contributed by atoms with E-state index < -0.39 is 17.6 Å². The van der Waals surface area contributed by atoms with Crippen molar-refractivity contribution in [2.45, 2.75) is 6.92 Å². The van der Waals surface area contributed by atoms with Crippen molar-refractivity contribution in [3.63, 3.8) is 0 Å². The van der Waals surface area contributed by atoms with Crippen molar-refractivity contribution in [1.82, 2.24) is 16.0 Å². The molecule has 0 bridgehead atoms. The number of aryl methyl sites for hydroxylation is 1. The fraction of sp³-hybridized carbons (Fsp3) is 0.0714. The Balaban J connectivity index is 1.76. The number of halogens is 2. The van der Waals surface area contributed by atoms with Gasteiger partial charge in [-0.1, -0.05) is 16.8 Å². The van der Waals surface area contributed by atoms with E-state index in [9.17, 15) is 14.0 Å². The van der Waals surface area contributed by atoms with Gasteiger partial charge in [0.05, 0.1) is 10.7 Å². The van der Waals surface area contributed by atoms with Gasteiger partial charge in [0.1, 0.15) is 10.7 Å². The van der Waals surface area contributed by atoms with Gasteiger partial charge < -0.3 is 4.52 Å². The molecule has 2 aromatic heterocycles. The highest BCUT2D eigenvalue weighted by Gasteiger charge is 2.19. The predicted molar refractivity (Wildman–Crippen MR) is 83.0 cm³/mol. The lowest BCUT2D eigenvalue weighted by Gasteiger charge is -2.04. The topological polar surface area (TPSA) is 84.2 Å². The zero-order chi connectivity index (χ0) is 16.6. The minimum absolute atomic E-state index is 0.0349. The second-order valence-electron chi connectivity index (χ2n) is 4.63. The Kier molecular flexibility index (Phi) is 4.01. The lowest BCUT2D eigenvalue weighted by Crippen LogP contribution is -2.41. The lowest BCUT2D eigenvalue weighted by molar-refractivity contribution is 0.0827. The van der Waals surface area contributed by atoms with Crippen LogP contribution < -0.4 is 10.9 Å². The molecule has 23 heavy (non-hydrogen) atoms. The molecule has 0 aliphatic rings. The van der Waals surface area contributed by atoms with Crippen molar-refractivity contribution < 1.29 is 18.5 Å². The lowest BCUT2D eigenvalue weighted by atomic mass is 10.2. The Labute approximate surface area is 138 Å². The van der Waals surface area contributed by atoms with Crippen molar-refractivity contribution >= 4 is 44.8 Å². The van der Waals surface area contributed by atoms with Crippen molar-refractivity contribution in [3.8, 4) is 0 Å². The number of carbonyl (C=O) groups excluding carboxylic acids is 2. The van der Waals surface area contributed by atoms with Crippen LogP contribution in [0.3, 0.4) is 0 Å². The zero-order valence-electron chi connectivity index (χ0n) is 11.6. The van der Waals surface area contributed by atoms with Crippen LogP contribution in [0.2, 0.25) is 5.02 Å². The second kappa shape index (κ2) is 5.98. The monoisotopic (exact) mass is 353 g/mol. The number of rotatable bonds is 2. The molecule has 3 aromatic rings. The van der Waals surface area contributed by atoms with Crippen molar-refractivity contribution in [2.24, 2.45) is 0 Å². The molecule has 0 aliphatic heterocycles. The molecule has 6 nitrogen and oxygen atoms in total. The third-order valence-electron chi connectivity index (χ3n) is 2.94. The summed E-state index contributed by atoms with van der Waals surface area (Å²) >= 11 is 7.15. The normalized spacial score (nSPS) is 10.7. The Hall–Kier alpha value is -2.45. The van der Waals surface area contributed by atoms with E-state index in [1.807, 2.05) is 0 Å². The van der Waals surface area contributed by atoms with Crippen molar-refractivity contribution in [3.05, 3.63) is 51.4 Å². The zero-order valence-corrected chi connectivity index (χ0v) is 13.2. The average Bonchev–Trinajstić information content (AvgIpc) is 3.08. The summed E-state index contributed by atoms with van der Waals surface area (Å²) in [7, 11) is 0. The number of hydrogen-bond donors (Lipinski definition) is 2. The van der Waals surface area contributed by atoms with Gasteiger partial charge >= 0.3 is 5.91 Å². The molecule has 1 aromatic carbocycles. The highest BCUT2D eigenvalue weighted by molar-refractivity contribution is 7.21. The Bertz CT molecular complexity index is 921. The summed E-state index contributed by atoms with van der Waals surface area (Å²) in [6.45, 7) is 1.66. The maximum atomic E-state index is 13.2. The van der Waals surface area contributed by atoms with Crippen LogP contribution in [0.15, 0.2) is 28.8 Å². The van der Waals surface area contributed by atoms with Gasteiger partial charge in [0, 0.05) is 16.2 Å². The summed E-state index contributed by atoms with van der Waals surface area (Å²) < 4.78 is 18.5. The minimum atomic E-state index is -0.651. The van der Waals surface area contributed by atoms with E-state index in [1.54, 1.807) is 6.92 Å². The molecule has 2 N–H and O–H groups in total. The number of amides is 2. The van der Waals surface area contributed by atoms with Gasteiger partial charge in [-0.15, -0.1) is 11.3 Å². The van der Waals surface area contributed by atoms with E-state index in [-0.39, 0.29) is 15.7 Å². The molecule has 0 saturated heterocycles. The smallest absolute Gasteiger partial charge is 0.308 e. The number of nitrogens with one attached hydrogen (secondary N) is 2. The third-order valence-corrected chi connectivity index (χ3v) is 4.60. The number of carbonyl (C=O) groups is 2. The van der Waals surface area contributed by atoms with Crippen LogP contribution in [-0.4, -0.2) is 17.0 Å². The first-order valence-corrected chi connectivity index (χ1v) is 7.56. The van der Waals surface area contributed by atoms with Gasteiger partial charge in [-0.2, -0.15) is 0 Å². The fourth-order valence-corrected chi connectivity index (χ4v) is 3.32. The summed E-state index contributed by atoms with van der Waals surface area (Å²) in [4.78, 5) is 24.0. The van der Waals surface area contributed by atoms with Crippen LogP contribution in [0.4, 0.5) is 4.39 Å². The Morgan fingerprint density at radius 2 is 2.00 bits per heavy atom. The molecule has 0 radical (unpaired) electrons. The summed E-state index contributed by atoms with van der Waals surface area (Å²) in [5.74, 6) is -1.72. The first kappa shape index (κ1) is 15.4. The highest BCUT2D eigenvalue weighted by atomic mass is 35.5. The SMILES string of the molecule is Cc1cc(C(=O)NNC(=O)c2sc3cc(F)ccc3c2Cl)on1. The number of fused-ring (bicyclic) bond motifs is 1. The van der Waals surface area contributed by atoms with E-state index >= 15 is 0 Å². The van der Waals surface area contributed by atoms with E-state index in [0.717, 1.165) is 11.3 Å². The highest BCUT2D eigenvalue weighted by Crippen LogP contribution is 2.35. The van der Waals surface area contributed by atoms with E-state index in [0.29, 0.717) is 15.8 Å². The van der Waals surface area contributed by atoms with Crippen LogP contribution in [-0.2, 0) is 0 Å². The number of aromatic nitrogens is 1. The number of nitrogens with zero attached hydrogens (tertiary/aromatic N) is 1. The first-order valence-electron chi connectivity index (χ1n) is 6.37. The minimum Gasteiger partial charge on any atom is -0.351 e. The van der Waals surface area contributed by atoms with E-state index in [2.05, 4.69) is 16.0 Å².